The molecule has 1 aromatic heterocycles. The Hall–Kier alpha value is -3.64. The van der Waals surface area contributed by atoms with Crippen molar-refractivity contribution in [3.05, 3.63) is 91.1 Å². The molecule has 1 heterocycles. The Kier molecular flexibility index (Phi) is 4.96. The van der Waals surface area contributed by atoms with Gasteiger partial charge in [-0.3, -0.25) is 0 Å². The maximum Gasteiger partial charge on any atom is 0.135 e. The Morgan fingerprint density at radius 1 is 1.12 bits per heavy atom. The molecule has 0 saturated heterocycles. The molecule has 0 bridgehead atoms. The highest BCUT2D eigenvalue weighted by Crippen LogP contribution is 2.30. The molecule has 3 heteroatoms. The Morgan fingerprint density at radius 2 is 1.88 bits per heavy atom. The van der Waals surface area contributed by atoms with Gasteiger partial charge >= 0.3 is 0 Å². The first-order valence-corrected chi connectivity index (χ1v) is 8.21. The van der Waals surface area contributed by atoms with Crippen molar-refractivity contribution in [2.75, 3.05) is 0 Å². The molecular weight excluding hydrogens is 320 g/mol. The molecule has 3 aromatic rings. The van der Waals surface area contributed by atoms with Gasteiger partial charge < -0.3 is 9.83 Å². The maximum atomic E-state index is 8.85. The van der Waals surface area contributed by atoms with E-state index in [1.165, 1.54) is 6.08 Å². The molecule has 126 valence electrons. The molecule has 0 spiro atoms. The van der Waals surface area contributed by atoms with E-state index in [1.807, 2.05) is 48.5 Å². The van der Waals surface area contributed by atoms with Crippen LogP contribution in [0.25, 0.3) is 27.5 Å². The zero-order valence-electron chi connectivity index (χ0n) is 14.3. The fourth-order valence-electron chi connectivity index (χ4n) is 2.69. The van der Waals surface area contributed by atoms with Gasteiger partial charge in [0.2, 0.25) is 0 Å². The second kappa shape index (κ2) is 7.50. The number of benzene rings is 2. The van der Waals surface area contributed by atoms with Crippen LogP contribution in [0.4, 0.5) is 0 Å². The highest BCUT2D eigenvalue weighted by atomic mass is 16.3. The average Bonchev–Trinajstić information content (AvgIpc) is 3.04. The van der Waals surface area contributed by atoms with Gasteiger partial charge in [-0.25, -0.2) is 0 Å². The highest BCUT2D eigenvalue weighted by molar-refractivity contribution is 6.06. The maximum absolute atomic E-state index is 8.85. The summed E-state index contributed by atoms with van der Waals surface area (Å²) in [6.07, 6.45) is 7.07. The van der Waals surface area contributed by atoms with Crippen molar-refractivity contribution in [3.63, 3.8) is 0 Å². The molecule has 2 aromatic carbocycles. The number of hydrogen-bond donors (Lipinski definition) is 1. The third kappa shape index (κ3) is 3.55. The molecule has 0 saturated carbocycles. The van der Waals surface area contributed by atoms with E-state index in [1.54, 1.807) is 12.2 Å². The molecule has 0 unspecified atom stereocenters. The Balaban J connectivity index is 1.80. The van der Waals surface area contributed by atoms with E-state index in [4.69, 9.17) is 15.1 Å². The second-order valence-electron chi connectivity index (χ2n) is 5.87. The van der Waals surface area contributed by atoms with Crippen molar-refractivity contribution >= 4 is 33.2 Å². The van der Waals surface area contributed by atoms with Gasteiger partial charge in [0, 0.05) is 28.5 Å². The van der Waals surface area contributed by atoms with Crippen molar-refractivity contribution in [2.45, 2.75) is 6.42 Å². The lowest BCUT2D eigenvalue weighted by atomic mass is 10.0. The van der Waals surface area contributed by atoms with Crippen molar-refractivity contribution in [1.82, 2.24) is 0 Å². The number of fused-ring (bicyclic) bond motifs is 3. The van der Waals surface area contributed by atoms with Crippen molar-refractivity contribution in [3.8, 4) is 6.07 Å². The van der Waals surface area contributed by atoms with E-state index >= 15 is 0 Å². The summed E-state index contributed by atoms with van der Waals surface area (Å²) in [5, 5.41) is 18.9. The third-order valence-electron chi connectivity index (χ3n) is 4.12. The van der Waals surface area contributed by atoms with Gasteiger partial charge in [0.1, 0.15) is 11.2 Å². The lowest BCUT2D eigenvalue weighted by Crippen LogP contribution is -1.89. The van der Waals surface area contributed by atoms with Crippen LogP contribution in [0, 0.1) is 16.7 Å². The van der Waals surface area contributed by atoms with Gasteiger partial charge in [0.25, 0.3) is 0 Å². The minimum atomic E-state index is 0.379. The molecule has 0 aliphatic heterocycles. The number of para-hydroxylation sites is 1. The molecule has 0 aliphatic rings. The van der Waals surface area contributed by atoms with Gasteiger partial charge in [0.15, 0.2) is 0 Å². The van der Waals surface area contributed by atoms with E-state index in [0.717, 1.165) is 33.1 Å². The Bertz CT molecular complexity index is 1120. The zero-order chi connectivity index (χ0) is 18.5. The predicted molar refractivity (Wildman–Crippen MR) is 108 cm³/mol. The summed E-state index contributed by atoms with van der Waals surface area (Å²) < 4.78 is 5.84. The summed E-state index contributed by atoms with van der Waals surface area (Å²) in [6, 6.07) is 15.9. The van der Waals surface area contributed by atoms with Crippen LogP contribution in [0.2, 0.25) is 0 Å². The first-order valence-electron chi connectivity index (χ1n) is 8.21. The lowest BCUT2D eigenvalue weighted by molar-refractivity contribution is 0.669. The number of nitrogens with one attached hydrogen (secondary N) is 1. The first-order chi connectivity index (χ1) is 12.6. The molecule has 3 rings (SSSR count). The van der Waals surface area contributed by atoms with Crippen LogP contribution in [0.15, 0.2) is 89.9 Å². The summed E-state index contributed by atoms with van der Waals surface area (Å²) in [5.74, 6) is 0. The van der Waals surface area contributed by atoms with Crippen LogP contribution in [-0.2, 0) is 0 Å². The number of allylic oxidation sites excluding steroid dienone is 6. The second-order valence-corrected chi connectivity index (χ2v) is 5.87. The van der Waals surface area contributed by atoms with Crippen LogP contribution in [0.1, 0.15) is 12.0 Å². The minimum absolute atomic E-state index is 0.379. The topological polar surface area (TPSA) is 60.8 Å². The molecule has 0 amide bonds. The fourth-order valence-corrected chi connectivity index (χ4v) is 2.69. The average molecular weight is 338 g/mol. The summed E-state index contributed by atoms with van der Waals surface area (Å²) >= 11 is 0. The summed E-state index contributed by atoms with van der Waals surface area (Å²) in [6.45, 7) is 7.66. The van der Waals surface area contributed by atoms with E-state index in [-0.39, 0.29) is 0 Å². The SMILES string of the molecule is C=C/C(C#N)=C\CC(=N)/C=C\C(=C)c1ccc2oc3ccccc3c2c1. The fraction of sp³-hybridized carbons (Fsp3) is 0.0435. The number of hydrogen-bond acceptors (Lipinski definition) is 3. The molecule has 0 atom stereocenters. The van der Waals surface area contributed by atoms with E-state index in [0.29, 0.717) is 17.7 Å². The van der Waals surface area contributed by atoms with Gasteiger partial charge in [0.05, 0.1) is 6.07 Å². The summed E-state index contributed by atoms with van der Waals surface area (Å²) in [7, 11) is 0. The number of furan rings is 1. The van der Waals surface area contributed by atoms with Crippen LogP contribution in [-0.4, -0.2) is 5.71 Å². The zero-order valence-corrected chi connectivity index (χ0v) is 14.3. The summed E-state index contributed by atoms with van der Waals surface area (Å²) in [4.78, 5) is 0. The van der Waals surface area contributed by atoms with Gasteiger partial charge in [-0.1, -0.05) is 55.7 Å². The Labute approximate surface area is 152 Å². The molecule has 1 N–H and O–H groups in total. The quantitative estimate of drug-likeness (QED) is 0.330. The number of nitrogens with zero attached hydrogens (tertiary/aromatic N) is 1. The van der Waals surface area contributed by atoms with Crippen LogP contribution in [0.3, 0.4) is 0 Å². The molecule has 0 fully saturated rings. The van der Waals surface area contributed by atoms with Gasteiger partial charge in [-0.2, -0.15) is 5.26 Å². The first kappa shape index (κ1) is 17.2. The standard InChI is InChI=1S/C23H18N2O/c1-3-17(15-24)9-12-19(25)11-8-16(2)18-10-13-23-21(14-18)20-6-4-5-7-22(20)26-23/h3-11,13-14,25H,1-2,12H2/b11-8-,17-9+,25-19?. The smallest absolute Gasteiger partial charge is 0.135 e. The normalized spacial score (nSPS) is 11.7. The van der Waals surface area contributed by atoms with Crippen LogP contribution < -0.4 is 0 Å². The van der Waals surface area contributed by atoms with E-state index < -0.39 is 0 Å². The molecule has 0 aliphatic carbocycles. The molecule has 3 nitrogen and oxygen atoms in total. The lowest BCUT2D eigenvalue weighted by Gasteiger charge is -2.01. The van der Waals surface area contributed by atoms with E-state index in [9.17, 15) is 0 Å². The van der Waals surface area contributed by atoms with Crippen molar-refractivity contribution in [1.29, 1.82) is 10.7 Å². The van der Waals surface area contributed by atoms with Crippen LogP contribution >= 0.6 is 0 Å². The van der Waals surface area contributed by atoms with Gasteiger partial charge in [-0.15, -0.1) is 0 Å². The van der Waals surface area contributed by atoms with Crippen LogP contribution in [0.5, 0.6) is 0 Å². The minimum Gasteiger partial charge on any atom is -0.456 e. The molecule has 26 heavy (non-hydrogen) atoms. The summed E-state index contributed by atoms with van der Waals surface area (Å²) in [5.41, 5.74) is 4.38. The third-order valence-corrected chi connectivity index (χ3v) is 4.12. The van der Waals surface area contributed by atoms with Crippen molar-refractivity contribution in [2.24, 2.45) is 0 Å². The number of nitriles is 1. The monoisotopic (exact) mass is 338 g/mol. The van der Waals surface area contributed by atoms with Gasteiger partial charge in [-0.05, 0) is 35.4 Å². The molecule has 0 radical (unpaired) electrons. The molecular formula is C23H18N2O. The highest BCUT2D eigenvalue weighted by Gasteiger charge is 2.07. The van der Waals surface area contributed by atoms with Crippen molar-refractivity contribution < 1.29 is 4.42 Å². The van der Waals surface area contributed by atoms with E-state index in [2.05, 4.69) is 19.2 Å². The Morgan fingerprint density at radius 3 is 2.65 bits per heavy atom. The predicted octanol–water partition coefficient (Wildman–Crippen LogP) is 6.20. The number of rotatable bonds is 6. The largest absolute Gasteiger partial charge is 0.456 e.